The predicted molar refractivity (Wildman–Crippen MR) is 48.9 cm³/mol. The Kier molecular flexibility index (Phi) is 1.73. The van der Waals surface area contributed by atoms with Crippen LogP contribution in [0.25, 0.3) is 11.3 Å². The average molecular weight is 175 g/mol. The highest BCUT2D eigenvalue weighted by molar-refractivity contribution is 5.70. The van der Waals surface area contributed by atoms with Crippen molar-refractivity contribution in [3.63, 3.8) is 0 Å². The predicted octanol–water partition coefficient (Wildman–Crippen LogP) is 1.63. The lowest BCUT2D eigenvalue weighted by Gasteiger charge is -1.97. The summed E-state index contributed by atoms with van der Waals surface area (Å²) in [5.74, 6) is 1.23. The van der Waals surface area contributed by atoms with Crippen molar-refractivity contribution in [3.05, 3.63) is 30.2 Å². The van der Waals surface area contributed by atoms with Crippen molar-refractivity contribution in [1.82, 2.24) is 10.1 Å². The summed E-state index contributed by atoms with van der Waals surface area (Å²) in [6, 6.07) is 5.50. The van der Waals surface area contributed by atoms with Crippen molar-refractivity contribution in [2.75, 3.05) is 5.73 Å². The molecule has 4 nitrogen and oxygen atoms in total. The van der Waals surface area contributed by atoms with Crippen molar-refractivity contribution < 1.29 is 4.52 Å². The number of nitrogen functional groups attached to an aromatic ring is 1. The van der Waals surface area contributed by atoms with E-state index in [0.29, 0.717) is 5.82 Å². The van der Waals surface area contributed by atoms with Crippen molar-refractivity contribution in [3.8, 4) is 11.3 Å². The molecule has 2 heterocycles. The molecular formula is C9H9N3O. The molecule has 2 rings (SSSR count). The summed E-state index contributed by atoms with van der Waals surface area (Å²) >= 11 is 0. The molecule has 0 bridgehead atoms. The Morgan fingerprint density at radius 3 is 2.92 bits per heavy atom. The van der Waals surface area contributed by atoms with Gasteiger partial charge in [-0.05, 0) is 19.1 Å². The summed E-state index contributed by atoms with van der Waals surface area (Å²) in [5.41, 5.74) is 7.20. The van der Waals surface area contributed by atoms with Gasteiger partial charge in [0.15, 0.2) is 0 Å². The van der Waals surface area contributed by atoms with Crippen LogP contribution in [-0.2, 0) is 0 Å². The number of nitrogens with two attached hydrogens (primary N) is 1. The monoisotopic (exact) mass is 175 g/mol. The molecule has 0 radical (unpaired) electrons. The van der Waals surface area contributed by atoms with Crippen LogP contribution in [-0.4, -0.2) is 10.1 Å². The lowest BCUT2D eigenvalue weighted by molar-refractivity contribution is 0.399. The van der Waals surface area contributed by atoms with Crippen LogP contribution in [0.1, 0.15) is 5.76 Å². The Morgan fingerprint density at radius 1 is 1.46 bits per heavy atom. The van der Waals surface area contributed by atoms with E-state index < -0.39 is 0 Å². The average Bonchev–Trinajstić information content (AvgIpc) is 2.53. The maximum atomic E-state index is 5.67. The molecule has 0 aliphatic carbocycles. The molecule has 0 spiro atoms. The molecule has 2 aromatic heterocycles. The number of nitrogens with zero attached hydrogens (tertiary/aromatic N) is 2. The maximum Gasteiger partial charge on any atom is 0.134 e. The molecule has 0 aliphatic heterocycles. The van der Waals surface area contributed by atoms with E-state index in [2.05, 4.69) is 10.1 Å². The number of aryl methyl sites for hydroxylation is 1. The number of hydrogen-bond acceptors (Lipinski definition) is 4. The summed E-state index contributed by atoms with van der Waals surface area (Å²) in [7, 11) is 0. The second-order valence-electron chi connectivity index (χ2n) is 2.76. The third-order valence-corrected chi connectivity index (χ3v) is 1.74. The lowest BCUT2D eigenvalue weighted by Crippen LogP contribution is -1.92. The standard InChI is InChI=1S/C9H9N3O/c1-6-5-8(12-13-6)7-3-2-4-11-9(7)10/h2-5H,1H3,(H2,10,11). The Balaban J connectivity index is 2.52. The van der Waals surface area contributed by atoms with Gasteiger partial charge in [-0.25, -0.2) is 4.98 Å². The van der Waals surface area contributed by atoms with Gasteiger partial charge in [0, 0.05) is 17.8 Å². The van der Waals surface area contributed by atoms with Gasteiger partial charge < -0.3 is 10.3 Å². The number of rotatable bonds is 1. The highest BCUT2D eigenvalue weighted by atomic mass is 16.5. The van der Waals surface area contributed by atoms with Crippen LogP contribution in [0.5, 0.6) is 0 Å². The maximum absolute atomic E-state index is 5.67. The van der Waals surface area contributed by atoms with E-state index in [-0.39, 0.29) is 0 Å². The Bertz CT molecular complexity index is 422. The third-order valence-electron chi connectivity index (χ3n) is 1.74. The van der Waals surface area contributed by atoms with Crippen LogP contribution in [0.4, 0.5) is 5.82 Å². The van der Waals surface area contributed by atoms with Gasteiger partial charge in [-0.3, -0.25) is 0 Å². The van der Waals surface area contributed by atoms with E-state index in [0.717, 1.165) is 17.0 Å². The zero-order chi connectivity index (χ0) is 9.26. The van der Waals surface area contributed by atoms with Crippen molar-refractivity contribution >= 4 is 5.82 Å². The second-order valence-corrected chi connectivity index (χ2v) is 2.76. The normalized spacial score (nSPS) is 10.2. The topological polar surface area (TPSA) is 64.9 Å². The lowest BCUT2D eigenvalue weighted by atomic mass is 10.2. The fourth-order valence-corrected chi connectivity index (χ4v) is 1.13. The molecule has 13 heavy (non-hydrogen) atoms. The molecule has 0 aliphatic rings. The minimum Gasteiger partial charge on any atom is -0.383 e. The zero-order valence-corrected chi connectivity index (χ0v) is 7.19. The minimum absolute atomic E-state index is 0.468. The first-order chi connectivity index (χ1) is 6.27. The summed E-state index contributed by atoms with van der Waals surface area (Å²) in [6.07, 6.45) is 1.64. The highest BCUT2D eigenvalue weighted by Gasteiger charge is 2.06. The van der Waals surface area contributed by atoms with Crippen LogP contribution in [0, 0.1) is 6.92 Å². The fourth-order valence-electron chi connectivity index (χ4n) is 1.13. The van der Waals surface area contributed by atoms with Crippen LogP contribution in [0.15, 0.2) is 28.9 Å². The zero-order valence-electron chi connectivity index (χ0n) is 7.19. The number of pyridine rings is 1. The number of anilines is 1. The molecule has 2 aromatic rings. The van der Waals surface area contributed by atoms with E-state index in [1.54, 1.807) is 6.20 Å². The van der Waals surface area contributed by atoms with E-state index in [4.69, 9.17) is 10.3 Å². The van der Waals surface area contributed by atoms with Crippen molar-refractivity contribution in [2.24, 2.45) is 0 Å². The summed E-state index contributed by atoms with van der Waals surface area (Å²) in [6.45, 7) is 1.84. The van der Waals surface area contributed by atoms with Gasteiger partial charge in [-0.2, -0.15) is 0 Å². The molecule has 2 N–H and O–H groups in total. The van der Waals surface area contributed by atoms with E-state index in [1.165, 1.54) is 0 Å². The van der Waals surface area contributed by atoms with Crippen LogP contribution in [0.2, 0.25) is 0 Å². The van der Waals surface area contributed by atoms with Gasteiger partial charge >= 0.3 is 0 Å². The summed E-state index contributed by atoms with van der Waals surface area (Å²) in [5, 5.41) is 3.85. The molecule has 0 saturated heterocycles. The molecule has 0 aromatic carbocycles. The Morgan fingerprint density at radius 2 is 2.31 bits per heavy atom. The summed E-state index contributed by atoms with van der Waals surface area (Å²) in [4.78, 5) is 3.96. The van der Waals surface area contributed by atoms with Crippen molar-refractivity contribution in [1.29, 1.82) is 0 Å². The first-order valence-electron chi connectivity index (χ1n) is 3.91. The molecule has 0 unspecified atom stereocenters. The Labute approximate surface area is 75.4 Å². The third kappa shape index (κ3) is 1.38. The molecule has 0 saturated carbocycles. The van der Waals surface area contributed by atoms with Gasteiger partial charge in [-0.1, -0.05) is 5.16 Å². The largest absolute Gasteiger partial charge is 0.383 e. The number of hydrogen-bond donors (Lipinski definition) is 1. The fraction of sp³-hybridized carbons (Fsp3) is 0.111. The number of aromatic nitrogens is 2. The molecule has 0 fully saturated rings. The highest BCUT2D eigenvalue weighted by Crippen LogP contribution is 2.22. The first-order valence-corrected chi connectivity index (χ1v) is 3.91. The van der Waals surface area contributed by atoms with Crippen molar-refractivity contribution in [2.45, 2.75) is 6.92 Å². The van der Waals surface area contributed by atoms with E-state index in [9.17, 15) is 0 Å². The molecule has 0 amide bonds. The van der Waals surface area contributed by atoms with E-state index >= 15 is 0 Å². The van der Waals surface area contributed by atoms with Gasteiger partial charge in [0.25, 0.3) is 0 Å². The first kappa shape index (κ1) is 7.79. The molecule has 66 valence electrons. The van der Waals surface area contributed by atoms with Gasteiger partial charge in [0.05, 0.1) is 0 Å². The van der Waals surface area contributed by atoms with Gasteiger partial charge in [0.2, 0.25) is 0 Å². The SMILES string of the molecule is Cc1cc(-c2cccnc2N)no1. The van der Waals surface area contributed by atoms with E-state index in [1.807, 2.05) is 25.1 Å². The Hall–Kier alpha value is -1.84. The van der Waals surface area contributed by atoms with Gasteiger partial charge in [-0.15, -0.1) is 0 Å². The van der Waals surface area contributed by atoms with Crippen LogP contribution >= 0.6 is 0 Å². The van der Waals surface area contributed by atoms with Crippen LogP contribution < -0.4 is 5.73 Å². The van der Waals surface area contributed by atoms with Crippen LogP contribution in [0.3, 0.4) is 0 Å². The molecule has 4 heteroatoms. The quantitative estimate of drug-likeness (QED) is 0.715. The smallest absolute Gasteiger partial charge is 0.134 e. The second kappa shape index (κ2) is 2.90. The molecular weight excluding hydrogens is 166 g/mol. The van der Waals surface area contributed by atoms with Gasteiger partial charge in [0.1, 0.15) is 17.3 Å². The molecule has 0 atom stereocenters. The minimum atomic E-state index is 0.468. The summed E-state index contributed by atoms with van der Waals surface area (Å²) < 4.78 is 4.94.